The number of nitrogens with one attached hydrogen (secondary N) is 1. The lowest BCUT2D eigenvalue weighted by Gasteiger charge is -2.25. The first-order valence-corrected chi connectivity index (χ1v) is 8.30. The first kappa shape index (κ1) is 16.0. The zero-order valence-electron chi connectivity index (χ0n) is 13.5. The van der Waals surface area contributed by atoms with Gasteiger partial charge in [-0.3, -0.25) is 9.59 Å². The highest BCUT2D eigenvalue weighted by atomic mass is 19.1. The molecule has 0 saturated carbocycles. The number of amides is 2. The second kappa shape index (κ2) is 6.30. The van der Waals surface area contributed by atoms with E-state index in [4.69, 9.17) is 0 Å². The second-order valence-electron chi connectivity index (χ2n) is 6.96. The molecule has 0 radical (unpaired) electrons. The van der Waals surface area contributed by atoms with Crippen LogP contribution in [0.1, 0.15) is 50.5 Å². The molecule has 23 heavy (non-hydrogen) atoms. The van der Waals surface area contributed by atoms with Crippen LogP contribution in [0.15, 0.2) is 24.3 Å². The molecule has 1 aromatic rings. The van der Waals surface area contributed by atoms with Crippen LogP contribution in [0, 0.1) is 5.82 Å². The van der Waals surface area contributed by atoms with Crippen molar-refractivity contribution in [3.05, 3.63) is 35.6 Å². The van der Waals surface area contributed by atoms with Crippen LogP contribution in [0.2, 0.25) is 0 Å². The SMILES string of the molecule is C[C@]1(CCC(=O)N2CC[C@@H](c3ccccc3F)C2)CCC(=O)N1. The third-order valence-electron chi connectivity index (χ3n) is 5.12. The summed E-state index contributed by atoms with van der Waals surface area (Å²) in [7, 11) is 0. The number of carbonyl (C=O) groups is 2. The Morgan fingerprint density at radius 3 is 2.91 bits per heavy atom. The van der Waals surface area contributed by atoms with Crippen LogP contribution in [0.4, 0.5) is 4.39 Å². The molecule has 1 aromatic carbocycles. The Balaban J connectivity index is 1.54. The zero-order valence-corrected chi connectivity index (χ0v) is 13.5. The number of halogens is 1. The summed E-state index contributed by atoms with van der Waals surface area (Å²) in [6.07, 6.45) is 3.24. The van der Waals surface area contributed by atoms with Gasteiger partial charge in [0.2, 0.25) is 11.8 Å². The van der Waals surface area contributed by atoms with Crippen LogP contribution in [-0.4, -0.2) is 35.3 Å². The van der Waals surface area contributed by atoms with E-state index in [1.807, 2.05) is 24.0 Å². The van der Waals surface area contributed by atoms with Gasteiger partial charge in [-0.15, -0.1) is 0 Å². The number of hydrogen-bond acceptors (Lipinski definition) is 2. The Labute approximate surface area is 136 Å². The molecule has 124 valence electrons. The van der Waals surface area contributed by atoms with Crippen molar-refractivity contribution < 1.29 is 14.0 Å². The maximum absolute atomic E-state index is 13.9. The molecule has 0 aliphatic carbocycles. The van der Waals surface area contributed by atoms with Crippen molar-refractivity contribution in [1.29, 1.82) is 0 Å². The summed E-state index contributed by atoms with van der Waals surface area (Å²) >= 11 is 0. The van der Waals surface area contributed by atoms with Gasteiger partial charge in [0, 0.05) is 37.4 Å². The summed E-state index contributed by atoms with van der Waals surface area (Å²) in [4.78, 5) is 25.6. The minimum Gasteiger partial charge on any atom is -0.351 e. The maximum Gasteiger partial charge on any atom is 0.222 e. The predicted molar refractivity (Wildman–Crippen MR) is 85.4 cm³/mol. The van der Waals surface area contributed by atoms with Crippen LogP contribution in [0.3, 0.4) is 0 Å². The minimum atomic E-state index is -0.253. The highest BCUT2D eigenvalue weighted by molar-refractivity contribution is 5.80. The van der Waals surface area contributed by atoms with Gasteiger partial charge >= 0.3 is 0 Å². The van der Waals surface area contributed by atoms with Crippen LogP contribution in [0.25, 0.3) is 0 Å². The molecule has 2 aliphatic rings. The van der Waals surface area contributed by atoms with Crippen molar-refractivity contribution >= 4 is 11.8 Å². The Hall–Kier alpha value is -1.91. The molecule has 4 nitrogen and oxygen atoms in total. The summed E-state index contributed by atoms with van der Waals surface area (Å²) in [6, 6.07) is 6.81. The molecule has 2 fully saturated rings. The van der Waals surface area contributed by atoms with E-state index >= 15 is 0 Å². The molecule has 1 N–H and O–H groups in total. The lowest BCUT2D eigenvalue weighted by atomic mass is 9.94. The van der Waals surface area contributed by atoms with E-state index in [9.17, 15) is 14.0 Å². The van der Waals surface area contributed by atoms with Gasteiger partial charge in [-0.25, -0.2) is 4.39 Å². The number of hydrogen-bond donors (Lipinski definition) is 1. The van der Waals surface area contributed by atoms with Gasteiger partial charge in [-0.1, -0.05) is 18.2 Å². The van der Waals surface area contributed by atoms with E-state index in [0.29, 0.717) is 37.9 Å². The number of benzene rings is 1. The highest BCUT2D eigenvalue weighted by Gasteiger charge is 2.34. The monoisotopic (exact) mass is 318 g/mol. The standard InChI is InChI=1S/C18H23FN2O2/c1-18(9-6-16(22)20-18)10-7-17(23)21-11-8-13(12-21)14-4-2-3-5-15(14)19/h2-5,13H,6-12H2,1H3,(H,20,22)/t13-,18-/m1/s1. The topological polar surface area (TPSA) is 49.4 Å². The molecule has 2 atom stereocenters. The Morgan fingerprint density at radius 1 is 1.43 bits per heavy atom. The summed E-state index contributed by atoms with van der Waals surface area (Å²) in [5.74, 6) is 0.0712. The molecule has 2 heterocycles. The van der Waals surface area contributed by atoms with Gasteiger partial charge in [0.25, 0.3) is 0 Å². The molecule has 5 heteroatoms. The van der Waals surface area contributed by atoms with E-state index < -0.39 is 0 Å². The van der Waals surface area contributed by atoms with E-state index in [1.54, 1.807) is 6.07 Å². The van der Waals surface area contributed by atoms with Gasteiger partial charge < -0.3 is 10.2 Å². The van der Waals surface area contributed by atoms with Gasteiger partial charge in [-0.05, 0) is 37.8 Å². The fraction of sp³-hybridized carbons (Fsp3) is 0.556. The maximum atomic E-state index is 13.9. The predicted octanol–water partition coefficient (Wildman–Crippen LogP) is 2.59. The fourth-order valence-corrected chi connectivity index (χ4v) is 3.63. The number of nitrogens with zero attached hydrogens (tertiary/aromatic N) is 1. The van der Waals surface area contributed by atoms with Crippen molar-refractivity contribution in [1.82, 2.24) is 10.2 Å². The summed E-state index contributed by atoms with van der Waals surface area (Å²) in [6.45, 7) is 3.26. The van der Waals surface area contributed by atoms with Crippen molar-refractivity contribution in [2.75, 3.05) is 13.1 Å². The van der Waals surface area contributed by atoms with E-state index in [0.717, 1.165) is 12.8 Å². The van der Waals surface area contributed by atoms with Gasteiger partial charge in [0.1, 0.15) is 5.82 Å². The third kappa shape index (κ3) is 3.54. The molecule has 2 aliphatic heterocycles. The number of rotatable bonds is 4. The largest absolute Gasteiger partial charge is 0.351 e. The fourth-order valence-electron chi connectivity index (χ4n) is 3.63. The molecule has 0 unspecified atom stereocenters. The molecular weight excluding hydrogens is 295 g/mol. The first-order chi connectivity index (χ1) is 11.0. The van der Waals surface area contributed by atoms with Gasteiger partial charge in [-0.2, -0.15) is 0 Å². The molecular formula is C18H23FN2O2. The number of likely N-dealkylation sites (tertiary alicyclic amines) is 1. The second-order valence-corrected chi connectivity index (χ2v) is 6.96. The van der Waals surface area contributed by atoms with Crippen LogP contribution < -0.4 is 5.32 Å². The Morgan fingerprint density at radius 2 is 2.22 bits per heavy atom. The Kier molecular flexibility index (Phi) is 4.37. The summed E-state index contributed by atoms with van der Waals surface area (Å²) in [5.41, 5.74) is 0.454. The normalized spacial score (nSPS) is 27.3. The molecule has 0 aromatic heterocycles. The average molecular weight is 318 g/mol. The minimum absolute atomic E-state index is 0.0701. The van der Waals surface area contributed by atoms with Gasteiger partial charge in [0.15, 0.2) is 0 Å². The van der Waals surface area contributed by atoms with Crippen molar-refractivity contribution in [3.8, 4) is 0 Å². The Bertz CT molecular complexity index is 619. The quantitative estimate of drug-likeness (QED) is 0.927. The molecule has 0 spiro atoms. The van der Waals surface area contributed by atoms with Crippen molar-refractivity contribution in [2.24, 2.45) is 0 Å². The van der Waals surface area contributed by atoms with Crippen molar-refractivity contribution in [2.45, 2.75) is 50.5 Å². The van der Waals surface area contributed by atoms with E-state index in [2.05, 4.69) is 5.32 Å². The lowest BCUT2D eigenvalue weighted by Crippen LogP contribution is -2.40. The van der Waals surface area contributed by atoms with E-state index in [-0.39, 0.29) is 29.1 Å². The lowest BCUT2D eigenvalue weighted by molar-refractivity contribution is -0.130. The van der Waals surface area contributed by atoms with Gasteiger partial charge in [0.05, 0.1) is 0 Å². The molecule has 0 bridgehead atoms. The number of carbonyl (C=O) groups excluding carboxylic acids is 2. The molecule has 2 amide bonds. The molecule has 2 saturated heterocycles. The highest BCUT2D eigenvalue weighted by Crippen LogP contribution is 2.30. The van der Waals surface area contributed by atoms with E-state index in [1.165, 1.54) is 6.07 Å². The molecule has 3 rings (SSSR count). The smallest absolute Gasteiger partial charge is 0.222 e. The van der Waals surface area contributed by atoms with Crippen LogP contribution in [-0.2, 0) is 9.59 Å². The first-order valence-electron chi connectivity index (χ1n) is 8.30. The van der Waals surface area contributed by atoms with Crippen molar-refractivity contribution in [3.63, 3.8) is 0 Å². The zero-order chi connectivity index (χ0) is 16.4. The van der Waals surface area contributed by atoms with Crippen LogP contribution in [0.5, 0.6) is 0 Å². The summed E-state index contributed by atoms with van der Waals surface area (Å²) in [5, 5.41) is 2.96. The van der Waals surface area contributed by atoms with Crippen LogP contribution >= 0.6 is 0 Å². The summed E-state index contributed by atoms with van der Waals surface area (Å²) < 4.78 is 13.9. The average Bonchev–Trinajstić information content (AvgIpc) is 3.13. The third-order valence-corrected chi connectivity index (χ3v) is 5.12.